The van der Waals surface area contributed by atoms with Gasteiger partial charge in [-0.2, -0.15) is 0 Å². The summed E-state index contributed by atoms with van der Waals surface area (Å²) in [6.07, 6.45) is -0.244. The molecule has 0 bridgehead atoms. The number of para-hydroxylation sites is 3. The first-order valence-electron chi connectivity index (χ1n) is 10.9. The highest BCUT2D eigenvalue weighted by atomic mass is 32.2. The number of benzene rings is 3. The van der Waals surface area contributed by atoms with Gasteiger partial charge in [0.1, 0.15) is 17.7 Å². The number of carbonyl (C=O) groups excluding carboxylic acids is 1. The third-order valence-electron chi connectivity index (χ3n) is 5.66. The summed E-state index contributed by atoms with van der Waals surface area (Å²) < 4.78 is 47.3. The maximum atomic E-state index is 13.3. The zero-order valence-electron chi connectivity index (χ0n) is 18.9. The summed E-state index contributed by atoms with van der Waals surface area (Å²) >= 11 is 0. The summed E-state index contributed by atoms with van der Waals surface area (Å²) in [7, 11) is -2.34. The van der Waals surface area contributed by atoms with Gasteiger partial charge >= 0.3 is 0 Å². The molecule has 0 saturated heterocycles. The van der Waals surface area contributed by atoms with Crippen molar-refractivity contribution in [3.63, 3.8) is 0 Å². The smallest absolute Gasteiger partial charge is 0.261 e. The van der Waals surface area contributed by atoms with E-state index in [-0.39, 0.29) is 28.2 Å². The van der Waals surface area contributed by atoms with Crippen molar-refractivity contribution in [2.45, 2.75) is 17.9 Å². The van der Waals surface area contributed by atoms with Crippen LogP contribution < -0.4 is 14.4 Å². The molecule has 0 saturated carbocycles. The van der Waals surface area contributed by atoms with Gasteiger partial charge in [-0.1, -0.05) is 24.3 Å². The first kappa shape index (κ1) is 23.6. The van der Waals surface area contributed by atoms with Crippen molar-refractivity contribution in [1.82, 2.24) is 4.90 Å². The summed E-state index contributed by atoms with van der Waals surface area (Å²) in [5.41, 5.74) is 1.38. The SMILES string of the molecule is CCN1CC(CN(C)C(=O)c2ccccc2NS(=O)(=O)c2ccc(F)cc2)Oc2ccccc21. The Morgan fingerprint density at radius 1 is 1.09 bits per heavy atom. The van der Waals surface area contributed by atoms with E-state index in [0.717, 1.165) is 30.1 Å². The van der Waals surface area contributed by atoms with Crippen LogP contribution in [0.1, 0.15) is 17.3 Å². The van der Waals surface area contributed by atoms with Crippen molar-refractivity contribution in [2.24, 2.45) is 0 Å². The molecule has 7 nitrogen and oxygen atoms in total. The Kier molecular flexibility index (Phi) is 6.74. The van der Waals surface area contributed by atoms with Crippen LogP contribution in [0.15, 0.2) is 77.7 Å². The van der Waals surface area contributed by atoms with Crippen LogP contribution in [0.2, 0.25) is 0 Å². The minimum Gasteiger partial charge on any atom is -0.485 e. The molecule has 0 aliphatic carbocycles. The van der Waals surface area contributed by atoms with Crippen LogP contribution in [-0.2, 0) is 10.0 Å². The fourth-order valence-electron chi connectivity index (χ4n) is 3.94. The number of nitrogens with one attached hydrogen (secondary N) is 1. The van der Waals surface area contributed by atoms with Gasteiger partial charge in [-0.05, 0) is 55.5 Å². The van der Waals surface area contributed by atoms with Crippen molar-refractivity contribution in [3.05, 3.63) is 84.2 Å². The maximum absolute atomic E-state index is 13.3. The van der Waals surface area contributed by atoms with E-state index in [2.05, 4.69) is 16.5 Å². The van der Waals surface area contributed by atoms with Crippen LogP contribution in [0, 0.1) is 5.82 Å². The van der Waals surface area contributed by atoms with Crippen LogP contribution in [0.3, 0.4) is 0 Å². The molecule has 1 N–H and O–H groups in total. The minimum absolute atomic E-state index is 0.0987. The zero-order valence-corrected chi connectivity index (χ0v) is 19.8. The number of anilines is 2. The molecule has 0 fully saturated rings. The average Bonchev–Trinajstić information content (AvgIpc) is 2.83. The van der Waals surface area contributed by atoms with Gasteiger partial charge in [0.2, 0.25) is 0 Å². The zero-order chi connectivity index (χ0) is 24.3. The molecular formula is C25H26FN3O4S. The Bertz CT molecular complexity index is 1280. The van der Waals surface area contributed by atoms with Crippen LogP contribution in [0.25, 0.3) is 0 Å². The van der Waals surface area contributed by atoms with Gasteiger partial charge in [0.15, 0.2) is 0 Å². The number of hydrogen-bond donors (Lipinski definition) is 1. The van der Waals surface area contributed by atoms with Gasteiger partial charge in [0, 0.05) is 13.6 Å². The molecule has 0 radical (unpaired) electrons. The number of likely N-dealkylation sites (N-methyl/N-ethyl adjacent to an activating group) is 2. The van der Waals surface area contributed by atoms with E-state index in [1.165, 1.54) is 23.1 Å². The first-order chi connectivity index (χ1) is 16.3. The van der Waals surface area contributed by atoms with Crippen molar-refractivity contribution in [2.75, 3.05) is 36.3 Å². The fraction of sp³-hybridized carbons (Fsp3) is 0.240. The second kappa shape index (κ2) is 9.72. The summed E-state index contributed by atoms with van der Waals surface area (Å²) in [6.45, 7) is 3.83. The molecule has 1 heterocycles. The topological polar surface area (TPSA) is 79.0 Å². The largest absolute Gasteiger partial charge is 0.485 e. The highest BCUT2D eigenvalue weighted by Crippen LogP contribution is 2.33. The number of hydrogen-bond acceptors (Lipinski definition) is 5. The van der Waals surface area contributed by atoms with E-state index in [1.54, 1.807) is 25.2 Å². The maximum Gasteiger partial charge on any atom is 0.261 e. The molecule has 1 aliphatic rings. The van der Waals surface area contributed by atoms with Crippen LogP contribution >= 0.6 is 0 Å². The number of rotatable bonds is 7. The van der Waals surface area contributed by atoms with Gasteiger partial charge in [0.05, 0.1) is 34.9 Å². The second-order valence-corrected chi connectivity index (χ2v) is 9.72. The van der Waals surface area contributed by atoms with Gasteiger partial charge in [-0.3, -0.25) is 9.52 Å². The number of ether oxygens (including phenoxy) is 1. The molecule has 1 aliphatic heterocycles. The van der Waals surface area contributed by atoms with Gasteiger partial charge in [0.25, 0.3) is 15.9 Å². The number of carbonyl (C=O) groups is 1. The van der Waals surface area contributed by atoms with Crippen molar-refractivity contribution < 1.29 is 22.3 Å². The van der Waals surface area contributed by atoms with Crippen molar-refractivity contribution in [3.8, 4) is 5.75 Å². The van der Waals surface area contributed by atoms with Crippen LogP contribution in [0.4, 0.5) is 15.8 Å². The summed E-state index contributed by atoms with van der Waals surface area (Å²) in [5.74, 6) is -0.109. The lowest BCUT2D eigenvalue weighted by Gasteiger charge is -2.37. The van der Waals surface area contributed by atoms with Crippen LogP contribution in [0.5, 0.6) is 5.75 Å². The lowest BCUT2D eigenvalue weighted by atomic mass is 10.1. The molecule has 9 heteroatoms. The lowest BCUT2D eigenvalue weighted by Crippen LogP contribution is -2.46. The van der Waals surface area contributed by atoms with Gasteiger partial charge < -0.3 is 14.5 Å². The van der Waals surface area contributed by atoms with E-state index < -0.39 is 15.8 Å². The number of amides is 1. The molecule has 1 atom stereocenters. The fourth-order valence-corrected chi connectivity index (χ4v) is 5.02. The van der Waals surface area contributed by atoms with Gasteiger partial charge in [-0.25, -0.2) is 12.8 Å². The standard InChI is InChI=1S/C25H26FN3O4S/c1-3-29-17-19(33-24-11-7-6-10-23(24)29)16-28(2)25(30)21-8-4-5-9-22(21)27-34(31,32)20-14-12-18(26)13-15-20/h4-15,19,27H,3,16-17H2,1-2H3. The Hall–Kier alpha value is -3.59. The normalized spacial score (nSPS) is 15.3. The number of fused-ring (bicyclic) bond motifs is 1. The predicted molar refractivity (Wildman–Crippen MR) is 129 cm³/mol. The van der Waals surface area contributed by atoms with Crippen LogP contribution in [-0.4, -0.2) is 52.0 Å². The summed E-state index contributed by atoms with van der Waals surface area (Å²) in [5, 5.41) is 0. The van der Waals surface area contributed by atoms with E-state index in [9.17, 15) is 17.6 Å². The van der Waals surface area contributed by atoms with Crippen molar-refractivity contribution >= 4 is 27.3 Å². The lowest BCUT2D eigenvalue weighted by molar-refractivity contribution is 0.0710. The first-order valence-corrected chi connectivity index (χ1v) is 12.4. The monoisotopic (exact) mass is 483 g/mol. The molecule has 1 unspecified atom stereocenters. The molecule has 34 heavy (non-hydrogen) atoms. The van der Waals surface area contributed by atoms with Gasteiger partial charge in [-0.15, -0.1) is 0 Å². The van der Waals surface area contributed by atoms with E-state index >= 15 is 0 Å². The Morgan fingerprint density at radius 2 is 1.76 bits per heavy atom. The molecule has 1 amide bonds. The highest BCUT2D eigenvalue weighted by Gasteiger charge is 2.28. The molecular weight excluding hydrogens is 457 g/mol. The van der Waals surface area contributed by atoms with Crippen molar-refractivity contribution in [1.29, 1.82) is 0 Å². The number of halogens is 1. The molecule has 4 rings (SSSR count). The second-order valence-electron chi connectivity index (χ2n) is 8.04. The Balaban J connectivity index is 1.51. The van der Waals surface area contributed by atoms with E-state index in [0.29, 0.717) is 13.1 Å². The Labute approximate surface area is 198 Å². The third kappa shape index (κ3) is 4.99. The molecule has 3 aromatic carbocycles. The summed E-state index contributed by atoms with van der Waals surface area (Å²) in [4.78, 5) is 16.9. The van der Waals surface area contributed by atoms with E-state index in [4.69, 9.17) is 4.74 Å². The third-order valence-corrected chi connectivity index (χ3v) is 7.04. The Morgan fingerprint density at radius 3 is 2.50 bits per heavy atom. The predicted octanol–water partition coefficient (Wildman–Crippen LogP) is 3.99. The van der Waals surface area contributed by atoms with E-state index in [1.807, 2.05) is 24.3 Å². The summed E-state index contributed by atoms with van der Waals surface area (Å²) in [6, 6.07) is 18.7. The number of nitrogens with zero attached hydrogens (tertiary/aromatic N) is 2. The molecule has 3 aromatic rings. The quantitative estimate of drug-likeness (QED) is 0.550. The molecule has 178 valence electrons. The molecule has 0 spiro atoms. The highest BCUT2D eigenvalue weighted by molar-refractivity contribution is 7.92. The average molecular weight is 484 g/mol. The molecule has 0 aromatic heterocycles. The number of sulfonamides is 1. The minimum atomic E-state index is -4.00.